The number of hydrogen-bond donors (Lipinski definition) is 1. The van der Waals surface area contributed by atoms with E-state index in [1.54, 1.807) is 31.6 Å². The van der Waals surface area contributed by atoms with Gasteiger partial charge in [-0.3, -0.25) is 14.2 Å². The van der Waals surface area contributed by atoms with E-state index >= 15 is 0 Å². The summed E-state index contributed by atoms with van der Waals surface area (Å²) in [6.07, 6.45) is 3.04. The van der Waals surface area contributed by atoms with Gasteiger partial charge in [-0.1, -0.05) is 60.7 Å². The molecule has 74 heavy (non-hydrogen) atoms. The Balaban J connectivity index is 0.000000168. The minimum absolute atomic E-state index is 0.146. The van der Waals surface area contributed by atoms with Gasteiger partial charge in [0.05, 0.1) is 59.4 Å². The standard InChI is InChI=1S/C28H29F3N4O2.C19H17F3N2O.C9H12N2O/c1-17-23(15-34(32-17)14-19-8-9-19)27(36)26-13-24(28(30)31)33-35(26)25-11-10-21(29)12-22(25)18(2)37-16-20-6-4-3-5-7-20;1-13(25-12-14-5-3-2-4-6-14)16-11-15(20)7-8-18(16)24-10-9-17(23-24)19(21)22;1-7-9(6-12)5-11(10-7)4-8-2-3-8/h3-7,10-13,15,18-19,27-28,36H,8-9,14,16H2,1-2H3;2-11,13,19H,12H2,1H3;5-6,8H,2-4H2,1H3/t18-,27?;13-;/m11./s1. The molecule has 4 aromatic heterocycles. The molecule has 1 N–H and O–H groups in total. The van der Waals surface area contributed by atoms with Gasteiger partial charge in [0, 0.05) is 48.4 Å². The summed E-state index contributed by atoms with van der Waals surface area (Å²) in [5.41, 5.74) is 5.78. The Labute approximate surface area is 425 Å². The van der Waals surface area contributed by atoms with E-state index in [-0.39, 0.29) is 18.0 Å². The van der Waals surface area contributed by atoms with Crippen molar-refractivity contribution in [3.05, 3.63) is 201 Å². The highest BCUT2D eigenvalue weighted by Gasteiger charge is 2.29. The first kappa shape index (κ1) is 53.2. The molecule has 10 rings (SSSR count). The maximum atomic E-state index is 14.3. The molecule has 12 nitrogen and oxygen atoms in total. The van der Waals surface area contributed by atoms with Gasteiger partial charge in [0.2, 0.25) is 0 Å². The van der Waals surface area contributed by atoms with Crippen molar-refractivity contribution in [2.45, 2.75) is 111 Å². The molecule has 2 aliphatic carbocycles. The van der Waals surface area contributed by atoms with E-state index in [0.717, 1.165) is 60.5 Å². The van der Waals surface area contributed by atoms with E-state index < -0.39 is 48.5 Å². The Hall–Kier alpha value is -7.15. The Morgan fingerprint density at radius 1 is 0.622 bits per heavy atom. The molecule has 3 atom stereocenters. The third-order valence-electron chi connectivity index (χ3n) is 12.8. The Kier molecular flexibility index (Phi) is 17.4. The summed E-state index contributed by atoms with van der Waals surface area (Å²) < 4.78 is 99.2. The summed E-state index contributed by atoms with van der Waals surface area (Å²) in [6.45, 7) is 9.59. The van der Waals surface area contributed by atoms with Crippen molar-refractivity contribution < 1.29 is 45.7 Å². The fourth-order valence-corrected chi connectivity index (χ4v) is 8.30. The van der Waals surface area contributed by atoms with E-state index in [1.165, 1.54) is 76.9 Å². The van der Waals surface area contributed by atoms with Crippen molar-refractivity contribution in [3.8, 4) is 11.4 Å². The summed E-state index contributed by atoms with van der Waals surface area (Å²) >= 11 is 0. The first-order valence-corrected chi connectivity index (χ1v) is 24.5. The summed E-state index contributed by atoms with van der Waals surface area (Å²) in [5.74, 6) is 0.479. The van der Waals surface area contributed by atoms with Crippen molar-refractivity contribution in [3.63, 3.8) is 0 Å². The molecule has 2 aliphatic rings. The molecule has 388 valence electrons. The van der Waals surface area contributed by atoms with Gasteiger partial charge in [0.15, 0.2) is 6.29 Å². The Bertz CT molecular complexity index is 3090. The van der Waals surface area contributed by atoms with Crippen LogP contribution in [0.3, 0.4) is 0 Å². The maximum absolute atomic E-state index is 14.3. The highest BCUT2D eigenvalue weighted by Crippen LogP contribution is 2.36. The van der Waals surface area contributed by atoms with Crippen molar-refractivity contribution in [2.24, 2.45) is 11.8 Å². The second kappa shape index (κ2) is 24.3. The number of nitrogens with zero attached hydrogens (tertiary/aromatic N) is 8. The van der Waals surface area contributed by atoms with Crippen LogP contribution in [0.5, 0.6) is 0 Å². The number of benzene rings is 4. The summed E-state index contributed by atoms with van der Waals surface area (Å²) in [5, 5.41) is 28.1. The molecule has 8 aromatic rings. The number of aryl methyl sites for hydroxylation is 2. The lowest BCUT2D eigenvalue weighted by Crippen LogP contribution is -2.13. The van der Waals surface area contributed by atoms with Crippen LogP contribution in [-0.4, -0.2) is 50.5 Å². The zero-order valence-corrected chi connectivity index (χ0v) is 41.4. The zero-order valence-electron chi connectivity index (χ0n) is 41.4. The maximum Gasteiger partial charge on any atom is 0.282 e. The van der Waals surface area contributed by atoms with Crippen molar-refractivity contribution in [2.75, 3.05) is 0 Å². The lowest BCUT2D eigenvalue weighted by molar-refractivity contribution is 0.0521. The van der Waals surface area contributed by atoms with Crippen LogP contribution in [0.25, 0.3) is 11.4 Å². The average Bonchev–Trinajstić information content (AvgIpc) is 4.18. The minimum atomic E-state index is -2.85. The van der Waals surface area contributed by atoms with Crippen molar-refractivity contribution in [1.29, 1.82) is 0 Å². The number of halogens is 6. The number of ether oxygens (including phenoxy) is 2. The summed E-state index contributed by atoms with van der Waals surface area (Å²) in [6, 6.07) is 29.7. The molecular formula is C56H58F6N8O4. The summed E-state index contributed by atoms with van der Waals surface area (Å²) in [7, 11) is 0. The number of carbonyl (C=O) groups is 1. The molecule has 1 unspecified atom stereocenters. The molecule has 2 fully saturated rings. The Morgan fingerprint density at radius 2 is 1.14 bits per heavy atom. The van der Waals surface area contributed by atoms with Gasteiger partial charge in [0.25, 0.3) is 12.9 Å². The SMILES string of the molecule is C[C@@H](OCc1ccccc1)c1cc(F)ccc1-n1ccc(C(F)F)n1.Cc1nn(CC2CC2)cc1C(O)c1cc(C(F)F)nn1-c1ccc(F)cc1[C@@H](C)OCc1ccccc1.Cc1nn(CC2CC2)cc1C=O. The topological polar surface area (TPSA) is 127 Å². The largest absolute Gasteiger partial charge is 0.382 e. The molecular weight excluding hydrogens is 963 g/mol. The summed E-state index contributed by atoms with van der Waals surface area (Å²) in [4.78, 5) is 10.5. The van der Waals surface area contributed by atoms with Crippen molar-refractivity contribution >= 4 is 6.29 Å². The normalized spacial score (nSPS) is 14.6. The second-order valence-electron chi connectivity index (χ2n) is 18.7. The molecule has 0 bridgehead atoms. The van der Waals surface area contributed by atoms with Crippen LogP contribution < -0.4 is 0 Å². The van der Waals surface area contributed by atoms with Gasteiger partial charge in [-0.15, -0.1) is 0 Å². The molecule has 18 heteroatoms. The van der Waals surface area contributed by atoms with Crippen LogP contribution in [0, 0.1) is 37.3 Å². The number of hydrogen-bond acceptors (Lipinski definition) is 8. The van der Waals surface area contributed by atoms with Gasteiger partial charge >= 0.3 is 0 Å². The van der Waals surface area contributed by atoms with Gasteiger partial charge in [-0.05, 0) is 125 Å². The number of aldehydes is 1. The monoisotopic (exact) mass is 1020 g/mol. The number of carbonyl (C=O) groups excluding carboxylic acids is 1. The molecule has 0 aliphatic heterocycles. The smallest absolute Gasteiger partial charge is 0.282 e. The molecule has 0 amide bonds. The number of rotatable bonds is 19. The third-order valence-corrected chi connectivity index (χ3v) is 12.8. The number of aliphatic hydroxyl groups is 1. The van der Waals surface area contributed by atoms with E-state index in [4.69, 9.17) is 9.47 Å². The minimum Gasteiger partial charge on any atom is -0.382 e. The lowest BCUT2D eigenvalue weighted by atomic mass is 10.0. The van der Waals surface area contributed by atoms with Gasteiger partial charge in [-0.2, -0.15) is 20.4 Å². The predicted octanol–water partition coefficient (Wildman–Crippen LogP) is 12.9. The molecule has 0 radical (unpaired) electrons. The fraction of sp³-hybridized carbons (Fsp3) is 0.339. The van der Waals surface area contributed by atoms with Gasteiger partial charge in [-0.25, -0.2) is 35.7 Å². The molecule has 4 heterocycles. The van der Waals surface area contributed by atoms with E-state index in [2.05, 4.69) is 20.4 Å². The van der Waals surface area contributed by atoms with Gasteiger partial charge in [0.1, 0.15) is 29.1 Å². The van der Waals surface area contributed by atoms with E-state index in [1.807, 2.05) is 78.5 Å². The average molecular weight is 1020 g/mol. The second-order valence-corrected chi connectivity index (χ2v) is 18.7. The number of aliphatic hydroxyl groups excluding tert-OH is 1. The van der Waals surface area contributed by atoms with Crippen LogP contribution in [0.1, 0.15) is 137 Å². The van der Waals surface area contributed by atoms with Gasteiger partial charge < -0.3 is 14.6 Å². The fourth-order valence-electron chi connectivity index (χ4n) is 8.30. The number of alkyl halides is 4. The predicted molar refractivity (Wildman–Crippen MR) is 265 cm³/mol. The first-order chi connectivity index (χ1) is 35.6. The van der Waals surface area contributed by atoms with E-state index in [0.29, 0.717) is 46.3 Å². The number of aromatic nitrogens is 8. The molecule has 4 aromatic carbocycles. The molecule has 2 saturated carbocycles. The highest BCUT2D eigenvalue weighted by molar-refractivity contribution is 5.75. The van der Waals surface area contributed by atoms with Crippen LogP contribution in [-0.2, 0) is 35.8 Å². The lowest BCUT2D eigenvalue weighted by Gasteiger charge is -2.20. The van der Waals surface area contributed by atoms with Crippen LogP contribution >= 0.6 is 0 Å². The molecule has 0 spiro atoms. The van der Waals surface area contributed by atoms with E-state index in [9.17, 15) is 36.2 Å². The van der Waals surface area contributed by atoms with Crippen molar-refractivity contribution in [1.82, 2.24) is 39.1 Å². The Morgan fingerprint density at radius 3 is 1.64 bits per heavy atom. The quantitative estimate of drug-likeness (QED) is 0.0627. The molecule has 0 saturated heterocycles. The zero-order chi connectivity index (χ0) is 52.5. The van der Waals surface area contributed by atoms with Crippen LogP contribution in [0.4, 0.5) is 26.3 Å². The van der Waals surface area contributed by atoms with Crippen LogP contribution in [0.2, 0.25) is 0 Å². The highest BCUT2D eigenvalue weighted by atomic mass is 19.3. The first-order valence-electron chi connectivity index (χ1n) is 24.5. The third kappa shape index (κ3) is 13.9. The van der Waals surface area contributed by atoms with Crippen LogP contribution in [0.15, 0.2) is 128 Å².